The molecule has 2 aliphatic rings. The predicted molar refractivity (Wildman–Crippen MR) is 111 cm³/mol. The molecule has 2 unspecified atom stereocenters. The molecule has 30 heavy (non-hydrogen) atoms. The fourth-order valence-electron chi connectivity index (χ4n) is 4.04. The first-order valence-corrected chi connectivity index (χ1v) is 9.74. The van der Waals surface area contributed by atoms with E-state index in [1.54, 1.807) is 24.3 Å². The largest absolute Gasteiger partial charge is 0.507 e. The minimum absolute atomic E-state index is 0.00478. The third kappa shape index (κ3) is 2.97. The molecule has 0 spiro atoms. The first kappa shape index (κ1) is 18.2. The summed E-state index contributed by atoms with van der Waals surface area (Å²) in [5, 5.41) is 17.1. The van der Waals surface area contributed by atoms with E-state index in [9.17, 15) is 9.90 Å². The Balaban J connectivity index is 1.56. The minimum Gasteiger partial charge on any atom is -0.507 e. The van der Waals surface area contributed by atoms with Gasteiger partial charge in [-0.25, -0.2) is 9.80 Å². The molecule has 1 N–H and O–H groups in total. The number of phenols is 1. The summed E-state index contributed by atoms with van der Waals surface area (Å²) in [6, 6.07) is 22.3. The van der Waals surface area contributed by atoms with Gasteiger partial charge in [-0.3, -0.25) is 0 Å². The van der Waals surface area contributed by atoms with E-state index < -0.39 is 6.23 Å². The van der Waals surface area contributed by atoms with Crippen molar-refractivity contribution >= 4 is 11.7 Å². The Kier molecular flexibility index (Phi) is 4.39. The summed E-state index contributed by atoms with van der Waals surface area (Å²) in [5.74, 6) is 0.647. The summed E-state index contributed by atoms with van der Waals surface area (Å²) in [7, 11) is 1.36. The highest BCUT2D eigenvalue weighted by Gasteiger charge is 2.41. The van der Waals surface area contributed by atoms with E-state index in [-0.39, 0.29) is 17.8 Å². The highest BCUT2D eigenvalue weighted by Crippen LogP contribution is 2.47. The lowest BCUT2D eigenvalue weighted by Crippen LogP contribution is -2.33. The van der Waals surface area contributed by atoms with Crippen LogP contribution in [0.15, 0.2) is 77.9 Å². The van der Waals surface area contributed by atoms with E-state index in [1.165, 1.54) is 7.11 Å². The number of carbonyl (C=O) groups excluding carboxylic acids is 1. The van der Waals surface area contributed by atoms with Crippen LogP contribution < -0.4 is 4.74 Å². The van der Waals surface area contributed by atoms with Gasteiger partial charge in [-0.05, 0) is 30.3 Å². The standard InChI is InChI=1S/C24H20N2O4/c1-29-24(28)16-12-10-15(11-13-16)23-26-20(18-7-3-5-9-22(18)30-23)14-19(25-26)17-6-2-4-8-21(17)27/h2-13,20,23,27H,14H2,1H3. The Labute approximate surface area is 174 Å². The van der Waals surface area contributed by atoms with Crippen LogP contribution in [0.25, 0.3) is 0 Å². The molecule has 150 valence electrons. The van der Waals surface area contributed by atoms with Crippen LogP contribution in [0.1, 0.15) is 45.7 Å². The first-order chi connectivity index (χ1) is 14.7. The quantitative estimate of drug-likeness (QED) is 0.659. The second kappa shape index (κ2) is 7.22. The first-order valence-electron chi connectivity index (χ1n) is 9.74. The predicted octanol–water partition coefficient (Wildman–Crippen LogP) is 4.42. The summed E-state index contributed by atoms with van der Waals surface area (Å²) in [6.07, 6.45) is 0.217. The van der Waals surface area contributed by atoms with Gasteiger partial charge in [-0.15, -0.1) is 0 Å². The van der Waals surface area contributed by atoms with Gasteiger partial charge in [0.15, 0.2) is 0 Å². The number of ether oxygens (including phenoxy) is 2. The third-order valence-electron chi connectivity index (χ3n) is 5.53. The average molecular weight is 400 g/mol. The zero-order valence-electron chi connectivity index (χ0n) is 16.4. The number of phenolic OH excluding ortho intramolecular Hbond substituents is 1. The van der Waals surface area contributed by atoms with Crippen molar-refractivity contribution in [3.63, 3.8) is 0 Å². The van der Waals surface area contributed by atoms with E-state index >= 15 is 0 Å². The summed E-state index contributed by atoms with van der Waals surface area (Å²) in [4.78, 5) is 11.8. The molecule has 0 radical (unpaired) electrons. The van der Waals surface area contributed by atoms with Crippen molar-refractivity contribution in [2.45, 2.75) is 18.7 Å². The second-order valence-corrected chi connectivity index (χ2v) is 7.29. The number of fused-ring (bicyclic) bond motifs is 3. The van der Waals surface area contributed by atoms with Crippen molar-refractivity contribution in [2.75, 3.05) is 7.11 Å². The van der Waals surface area contributed by atoms with Crippen molar-refractivity contribution in [3.8, 4) is 11.5 Å². The zero-order chi connectivity index (χ0) is 20.7. The van der Waals surface area contributed by atoms with Gasteiger partial charge in [0.05, 0.1) is 24.4 Å². The third-order valence-corrected chi connectivity index (χ3v) is 5.53. The van der Waals surface area contributed by atoms with Gasteiger partial charge < -0.3 is 14.6 Å². The molecular weight excluding hydrogens is 380 g/mol. The highest BCUT2D eigenvalue weighted by atomic mass is 16.5. The molecule has 6 heteroatoms. The van der Waals surface area contributed by atoms with E-state index in [4.69, 9.17) is 14.6 Å². The number of rotatable bonds is 3. The maximum absolute atomic E-state index is 11.8. The van der Waals surface area contributed by atoms with Crippen molar-refractivity contribution in [2.24, 2.45) is 5.10 Å². The number of benzene rings is 3. The Hall–Kier alpha value is -3.80. The molecule has 0 saturated carbocycles. The van der Waals surface area contributed by atoms with Gasteiger partial charge in [0.25, 0.3) is 0 Å². The summed E-state index contributed by atoms with van der Waals surface area (Å²) >= 11 is 0. The van der Waals surface area contributed by atoms with E-state index in [2.05, 4.69) is 0 Å². The Bertz CT molecular complexity index is 1140. The van der Waals surface area contributed by atoms with Crippen molar-refractivity contribution in [1.29, 1.82) is 0 Å². The van der Waals surface area contributed by atoms with Gasteiger partial charge in [0, 0.05) is 23.1 Å². The second-order valence-electron chi connectivity index (χ2n) is 7.29. The molecule has 3 aromatic carbocycles. The molecule has 0 fully saturated rings. The van der Waals surface area contributed by atoms with Gasteiger partial charge in [-0.2, -0.15) is 5.10 Å². The van der Waals surface area contributed by atoms with Crippen LogP contribution in [0.4, 0.5) is 0 Å². The number of carbonyl (C=O) groups is 1. The molecule has 2 atom stereocenters. The summed E-state index contributed by atoms with van der Waals surface area (Å²) in [6.45, 7) is 0. The molecule has 5 rings (SSSR count). The van der Waals surface area contributed by atoms with Gasteiger partial charge in [0.1, 0.15) is 11.5 Å². The van der Waals surface area contributed by atoms with Gasteiger partial charge in [-0.1, -0.05) is 42.5 Å². The number of hydrogen-bond donors (Lipinski definition) is 1. The number of hydrogen-bond acceptors (Lipinski definition) is 6. The van der Waals surface area contributed by atoms with Gasteiger partial charge >= 0.3 is 5.97 Å². The molecule has 0 saturated heterocycles. The van der Waals surface area contributed by atoms with Crippen LogP contribution in [-0.4, -0.2) is 28.9 Å². The highest BCUT2D eigenvalue weighted by molar-refractivity contribution is 6.04. The van der Waals surface area contributed by atoms with Crippen LogP contribution in [0.3, 0.4) is 0 Å². The van der Waals surface area contributed by atoms with Gasteiger partial charge in [0.2, 0.25) is 6.23 Å². The van der Waals surface area contributed by atoms with E-state index in [1.807, 2.05) is 53.5 Å². The van der Waals surface area contributed by atoms with Crippen LogP contribution in [0.5, 0.6) is 11.5 Å². The average Bonchev–Trinajstić information content (AvgIpc) is 3.24. The maximum Gasteiger partial charge on any atom is 0.337 e. The zero-order valence-corrected chi connectivity index (χ0v) is 16.4. The maximum atomic E-state index is 11.8. The fraction of sp³-hybridized carbons (Fsp3) is 0.167. The molecule has 0 aliphatic carbocycles. The summed E-state index contributed by atoms with van der Waals surface area (Å²) in [5.41, 5.74) is 3.96. The van der Waals surface area contributed by atoms with Crippen molar-refractivity contribution < 1.29 is 19.4 Å². The van der Waals surface area contributed by atoms with E-state index in [0.29, 0.717) is 12.0 Å². The molecule has 0 bridgehead atoms. The number of nitrogens with zero attached hydrogens (tertiary/aromatic N) is 2. The number of para-hydroxylation sites is 2. The number of aromatic hydroxyl groups is 1. The van der Waals surface area contributed by atoms with Crippen molar-refractivity contribution in [3.05, 3.63) is 95.1 Å². The lowest BCUT2D eigenvalue weighted by atomic mass is 9.95. The topological polar surface area (TPSA) is 71.4 Å². The SMILES string of the molecule is COC(=O)c1ccc(C2Oc3ccccc3C3CC(c4ccccc4O)=NN32)cc1. The molecule has 0 amide bonds. The lowest BCUT2D eigenvalue weighted by Gasteiger charge is -2.38. The van der Waals surface area contributed by atoms with Crippen LogP contribution in [0, 0.1) is 0 Å². The number of esters is 1. The van der Waals surface area contributed by atoms with Crippen LogP contribution in [0.2, 0.25) is 0 Å². The number of hydrazone groups is 1. The molecule has 6 nitrogen and oxygen atoms in total. The van der Waals surface area contributed by atoms with E-state index in [0.717, 1.165) is 28.2 Å². The van der Waals surface area contributed by atoms with Crippen LogP contribution >= 0.6 is 0 Å². The Morgan fingerprint density at radius 3 is 2.57 bits per heavy atom. The van der Waals surface area contributed by atoms with Crippen LogP contribution in [-0.2, 0) is 4.74 Å². The minimum atomic E-state index is -0.444. The molecule has 2 aliphatic heterocycles. The Morgan fingerprint density at radius 2 is 1.80 bits per heavy atom. The summed E-state index contributed by atoms with van der Waals surface area (Å²) < 4.78 is 11.1. The molecular formula is C24H20N2O4. The fourth-order valence-corrected chi connectivity index (χ4v) is 4.04. The normalized spacial score (nSPS) is 19.4. The monoisotopic (exact) mass is 400 g/mol. The Morgan fingerprint density at radius 1 is 1.07 bits per heavy atom. The number of methoxy groups -OCH3 is 1. The lowest BCUT2D eigenvalue weighted by molar-refractivity contribution is -0.0190. The smallest absolute Gasteiger partial charge is 0.337 e. The molecule has 0 aromatic heterocycles. The van der Waals surface area contributed by atoms with Crippen molar-refractivity contribution in [1.82, 2.24) is 5.01 Å². The molecule has 3 aromatic rings. The molecule has 2 heterocycles.